The van der Waals surface area contributed by atoms with E-state index < -0.39 is 12.3 Å². The van der Waals surface area contributed by atoms with Crippen LogP contribution < -0.4 is 0 Å². The molecule has 3 rings (SSSR count). The lowest BCUT2D eigenvalue weighted by Crippen LogP contribution is -2.49. The molecule has 0 saturated carbocycles. The molecule has 1 aromatic carbocycles. The average Bonchev–Trinajstić information content (AvgIpc) is 2.69. The van der Waals surface area contributed by atoms with E-state index in [4.69, 9.17) is 0 Å². The maximum absolute atomic E-state index is 12.6. The fraction of sp³-hybridized carbons (Fsp3) is 0.647. The van der Waals surface area contributed by atoms with E-state index in [2.05, 4.69) is 31.2 Å². The average molecular weight is 313 g/mol. The molecular formula is C17H22F3NO. The number of halogens is 3. The van der Waals surface area contributed by atoms with Gasteiger partial charge in [-0.25, -0.2) is 0 Å². The van der Waals surface area contributed by atoms with Crippen molar-refractivity contribution >= 4 is 0 Å². The van der Waals surface area contributed by atoms with E-state index in [-0.39, 0.29) is 18.6 Å². The third kappa shape index (κ3) is 3.15. The molecule has 1 N–H and O–H groups in total. The first-order valence-corrected chi connectivity index (χ1v) is 7.91. The number of piperidine rings is 1. The SMILES string of the molecule is Cc1ccc(C2CC3CCC(C2)N3CC(O)C(F)(F)F)cc1. The van der Waals surface area contributed by atoms with Crippen molar-refractivity contribution < 1.29 is 18.3 Å². The van der Waals surface area contributed by atoms with Crippen molar-refractivity contribution in [1.29, 1.82) is 0 Å². The van der Waals surface area contributed by atoms with Gasteiger partial charge in [0.15, 0.2) is 6.10 Å². The van der Waals surface area contributed by atoms with Crippen LogP contribution in [0.2, 0.25) is 0 Å². The maximum atomic E-state index is 12.6. The van der Waals surface area contributed by atoms with Gasteiger partial charge in [0.05, 0.1) is 0 Å². The predicted molar refractivity (Wildman–Crippen MR) is 78.7 cm³/mol. The summed E-state index contributed by atoms with van der Waals surface area (Å²) in [7, 11) is 0. The lowest BCUT2D eigenvalue weighted by molar-refractivity contribution is -0.210. The normalized spacial score (nSPS) is 30.5. The molecular weight excluding hydrogens is 291 g/mol. The maximum Gasteiger partial charge on any atom is 0.415 e. The Hall–Kier alpha value is -1.07. The van der Waals surface area contributed by atoms with Crippen molar-refractivity contribution in [3.63, 3.8) is 0 Å². The summed E-state index contributed by atoms with van der Waals surface area (Å²) in [5.74, 6) is 0.428. The van der Waals surface area contributed by atoms with Crippen LogP contribution >= 0.6 is 0 Å². The van der Waals surface area contributed by atoms with Gasteiger partial charge in [0.25, 0.3) is 0 Å². The zero-order valence-corrected chi connectivity index (χ0v) is 12.7. The molecule has 0 radical (unpaired) electrons. The fourth-order valence-electron chi connectivity index (χ4n) is 3.99. The Morgan fingerprint density at radius 1 is 1.14 bits per heavy atom. The van der Waals surface area contributed by atoms with Gasteiger partial charge >= 0.3 is 6.18 Å². The minimum atomic E-state index is -4.52. The quantitative estimate of drug-likeness (QED) is 0.921. The second-order valence-electron chi connectivity index (χ2n) is 6.72. The highest BCUT2D eigenvalue weighted by molar-refractivity contribution is 5.26. The summed E-state index contributed by atoms with van der Waals surface area (Å²) in [4.78, 5) is 1.89. The van der Waals surface area contributed by atoms with Crippen LogP contribution in [0.1, 0.15) is 42.7 Å². The van der Waals surface area contributed by atoms with Crippen LogP contribution in [0.25, 0.3) is 0 Å². The molecule has 2 heterocycles. The monoisotopic (exact) mass is 313 g/mol. The Kier molecular flexibility index (Phi) is 4.21. The van der Waals surface area contributed by atoms with Crippen molar-refractivity contribution in [1.82, 2.24) is 4.90 Å². The van der Waals surface area contributed by atoms with E-state index >= 15 is 0 Å². The van der Waals surface area contributed by atoms with Crippen molar-refractivity contribution in [2.45, 2.75) is 62.9 Å². The largest absolute Gasteiger partial charge is 0.415 e. The number of benzene rings is 1. The second kappa shape index (κ2) is 5.85. The molecule has 2 fully saturated rings. The number of aliphatic hydroxyl groups excluding tert-OH is 1. The van der Waals surface area contributed by atoms with Crippen LogP contribution in [-0.4, -0.2) is 40.9 Å². The third-order valence-corrected chi connectivity index (χ3v) is 5.19. The molecule has 2 nitrogen and oxygen atoms in total. The molecule has 0 aromatic heterocycles. The highest BCUT2D eigenvalue weighted by Crippen LogP contribution is 2.43. The highest BCUT2D eigenvalue weighted by atomic mass is 19.4. The summed E-state index contributed by atoms with van der Waals surface area (Å²) in [5, 5.41) is 9.35. The van der Waals surface area contributed by atoms with E-state index in [0.717, 1.165) is 25.7 Å². The number of hydrogen-bond donors (Lipinski definition) is 1. The fourth-order valence-corrected chi connectivity index (χ4v) is 3.99. The van der Waals surface area contributed by atoms with Gasteiger partial charge in [-0.05, 0) is 44.1 Å². The van der Waals surface area contributed by atoms with Gasteiger partial charge in [-0.2, -0.15) is 13.2 Å². The van der Waals surface area contributed by atoms with E-state index in [1.54, 1.807) is 0 Å². The summed E-state index contributed by atoms with van der Waals surface area (Å²) in [5.41, 5.74) is 2.51. The van der Waals surface area contributed by atoms with Gasteiger partial charge in [-0.3, -0.25) is 4.90 Å². The number of hydrogen-bond acceptors (Lipinski definition) is 2. The molecule has 2 bridgehead atoms. The van der Waals surface area contributed by atoms with Gasteiger partial charge in [-0.15, -0.1) is 0 Å². The number of rotatable bonds is 3. The molecule has 2 saturated heterocycles. The van der Waals surface area contributed by atoms with Crippen molar-refractivity contribution in [2.75, 3.05) is 6.54 Å². The first-order chi connectivity index (χ1) is 10.3. The Labute approximate surface area is 128 Å². The Morgan fingerprint density at radius 2 is 1.68 bits per heavy atom. The first-order valence-electron chi connectivity index (χ1n) is 7.91. The van der Waals surface area contributed by atoms with Crippen molar-refractivity contribution in [3.05, 3.63) is 35.4 Å². The van der Waals surface area contributed by atoms with Gasteiger partial charge in [-0.1, -0.05) is 29.8 Å². The third-order valence-electron chi connectivity index (χ3n) is 5.19. The summed E-state index contributed by atoms with van der Waals surface area (Å²) in [6.45, 7) is 1.77. The molecule has 122 valence electrons. The van der Waals surface area contributed by atoms with Crippen LogP contribution in [0.4, 0.5) is 13.2 Å². The number of alkyl halides is 3. The first kappa shape index (κ1) is 15.8. The van der Waals surface area contributed by atoms with Gasteiger partial charge < -0.3 is 5.11 Å². The molecule has 2 aliphatic heterocycles. The van der Waals surface area contributed by atoms with E-state index in [1.807, 2.05) is 4.90 Å². The van der Waals surface area contributed by atoms with Crippen LogP contribution in [0, 0.1) is 6.92 Å². The molecule has 2 aliphatic rings. The van der Waals surface area contributed by atoms with E-state index in [1.165, 1.54) is 11.1 Å². The smallest absolute Gasteiger partial charge is 0.382 e. The number of fused-ring (bicyclic) bond motifs is 2. The van der Waals surface area contributed by atoms with E-state index in [0.29, 0.717) is 5.92 Å². The molecule has 3 atom stereocenters. The Bertz CT molecular complexity index is 500. The minimum Gasteiger partial charge on any atom is -0.382 e. The molecule has 1 aromatic rings. The second-order valence-corrected chi connectivity index (χ2v) is 6.72. The zero-order chi connectivity index (χ0) is 15.9. The number of aryl methyl sites for hydroxylation is 1. The summed E-state index contributed by atoms with van der Waals surface area (Å²) in [6, 6.07) is 8.80. The lowest BCUT2D eigenvalue weighted by atomic mass is 9.84. The van der Waals surface area contributed by atoms with Crippen molar-refractivity contribution in [2.24, 2.45) is 0 Å². The van der Waals surface area contributed by atoms with Crippen LogP contribution in [0.15, 0.2) is 24.3 Å². The lowest BCUT2D eigenvalue weighted by Gasteiger charge is -2.40. The summed E-state index contributed by atoms with van der Waals surface area (Å²) < 4.78 is 37.7. The number of aliphatic hydroxyl groups is 1. The molecule has 0 amide bonds. The van der Waals surface area contributed by atoms with Crippen molar-refractivity contribution in [3.8, 4) is 0 Å². The summed E-state index contributed by atoms with van der Waals surface area (Å²) in [6.07, 6.45) is -3.08. The highest BCUT2D eigenvalue weighted by Gasteiger charge is 2.46. The Balaban J connectivity index is 1.67. The van der Waals surface area contributed by atoms with E-state index in [9.17, 15) is 18.3 Å². The molecule has 5 heteroatoms. The Morgan fingerprint density at radius 3 is 2.18 bits per heavy atom. The van der Waals surface area contributed by atoms with Crippen LogP contribution in [0.3, 0.4) is 0 Å². The molecule has 22 heavy (non-hydrogen) atoms. The van der Waals surface area contributed by atoms with Gasteiger partial charge in [0, 0.05) is 18.6 Å². The molecule has 0 spiro atoms. The topological polar surface area (TPSA) is 23.5 Å². The standard InChI is InChI=1S/C17H22F3NO/c1-11-2-4-12(5-3-11)13-8-14-6-7-15(9-13)21(14)10-16(22)17(18,19)20/h2-5,13-16,22H,6-10H2,1H3. The number of nitrogens with zero attached hydrogens (tertiary/aromatic N) is 1. The van der Waals surface area contributed by atoms with Crippen LogP contribution in [-0.2, 0) is 0 Å². The van der Waals surface area contributed by atoms with Gasteiger partial charge in [0.1, 0.15) is 0 Å². The van der Waals surface area contributed by atoms with Gasteiger partial charge in [0.2, 0.25) is 0 Å². The molecule has 3 unspecified atom stereocenters. The zero-order valence-electron chi connectivity index (χ0n) is 12.7. The predicted octanol–water partition coefficient (Wildman–Crippen LogP) is 3.63. The molecule has 0 aliphatic carbocycles. The van der Waals surface area contributed by atoms with Crippen LogP contribution in [0.5, 0.6) is 0 Å². The minimum absolute atomic E-state index is 0.169. The summed E-state index contributed by atoms with van der Waals surface area (Å²) >= 11 is 0.